The van der Waals surface area contributed by atoms with Crippen molar-refractivity contribution in [3.63, 3.8) is 0 Å². The zero-order chi connectivity index (χ0) is 16.8. The van der Waals surface area contributed by atoms with Gasteiger partial charge in [-0.25, -0.2) is 0 Å². The molecule has 0 radical (unpaired) electrons. The molecule has 0 unspecified atom stereocenters. The summed E-state index contributed by atoms with van der Waals surface area (Å²) in [7, 11) is 0. The molecule has 2 heteroatoms. The highest BCUT2D eigenvalue weighted by atomic mass is 16.3. The van der Waals surface area contributed by atoms with Crippen LogP contribution in [-0.4, -0.2) is 5.11 Å². The van der Waals surface area contributed by atoms with Crippen molar-refractivity contribution in [1.82, 2.24) is 0 Å². The zero-order valence-corrected chi connectivity index (χ0v) is 13.4. The third-order valence-electron chi connectivity index (χ3n) is 4.23. The smallest absolute Gasteiger partial charge is 0.0991 e. The number of hydrogen-bond donors (Lipinski definition) is 1. The summed E-state index contributed by atoms with van der Waals surface area (Å²) in [6.07, 6.45) is 1.04. The van der Waals surface area contributed by atoms with Crippen molar-refractivity contribution < 1.29 is 5.11 Å². The summed E-state index contributed by atoms with van der Waals surface area (Å²) in [6, 6.07) is 29.3. The number of hydrogen-bond acceptors (Lipinski definition) is 2. The Bertz CT molecular complexity index is 776. The zero-order valence-electron chi connectivity index (χ0n) is 13.4. The van der Waals surface area contributed by atoms with Crippen LogP contribution in [-0.2, 0) is 18.4 Å². The van der Waals surface area contributed by atoms with Crippen LogP contribution in [0.3, 0.4) is 0 Å². The van der Waals surface area contributed by atoms with Gasteiger partial charge in [0.1, 0.15) is 0 Å². The molecule has 0 aliphatic heterocycles. The molecule has 0 aliphatic carbocycles. The quantitative estimate of drug-likeness (QED) is 0.766. The van der Waals surface area contributed by atoms with Gasteiger partial charge in [-0.05, 0) is 28.8 Å². The molecular formula is C22H19NO. The lowest BCUT2D eigenvalue weighted by Crippen LogP contribution is -2.31. The van der Waals surface area contributed by atoms with Crippen molar-refractivity contribution in [2.75, 3.05) is 0 Å². The fourth-order valence-electron chi connectivity index (χ4n) is 2.99. The molecule has 0 bridgehead atoms. The first-order valence-corrected chi connectivity index (χ1v) is 8.00. The lowest BCUT2D eigenvalue weighted by atomic mass is 9.82. The second kappa shape index (κ2) is 7.12. The van der Waals surface area contributed by atoms with Crippen LogP contribution in [0.4, 0.5) is 0 Å². The predicted molar refractivity (Wildman–Crippen MR) is 95.3 cm³/mol. The predicted octanol–water partition coefficient (Wildman–Crippen LogP) is 4.23. The van der Waals surface area contributed by atoms with E-state index in [1.165, 1.54) is 0 Å². The summed E-state index contributed by atoms with van der Waals surface area (Å²) in [5.41, 5.74) is 2.58. The molecule has 24 heavy (non-hydrogen) atoms. The monoisotopic (exact) mass is 313 g/mol. The molecule has 0 amide bonds. The largest absolute Gasteiger partial charge is 0.384 e. The highest BCUT2D eigenvalue weighted by Gasteiger charge is 2.30. The van der Waals surface area contributed by atoms with Crippen LogP contribution >= 0.6 is 0 Å². The minimum atomic E-state index is -1.02. The average Bonchev–Trinajstić information content (AvgIpc) is 2.63. The SMILES string of the molecule is N#Cc1ccc(C(O)(Cc2ccccc2)Cc2ccccc2)cc1. The molecule has 0 saturated heterocycles. The molecule has 0 atom stereocenters. The number of nitrogens with zero attached hydrogens (tertiary/aromatic N) is 1. The van der Waals surface area contributed by atoms with Gasteiger partial charge in [-0.15, -0.1) is 0 Å². The van der Waals surface area contributed by atoms with E-state index in [4.69, 9.17) is 5.26 Å². The molecule has 3 aromatic rings. The Balaban J connectivity index is 1.97. The molecule has 1 N–H and O–H groups in total. The third kappa shape index (κ3) is 3.71. The van der Waals surface area contributed by atoms with E-state index in [2.05, 4.69) is 6.07 Å². The highest BCUT2D eigenvalue weighted by Crippen LogP contribution is 2.30. The van der Waals surface area contributed by atoms with E-state index in [0.717, 1.165) is 16.7 Å². The third-order valence-corrected chi connectivity index (χ3v) is 4.23. The number of nitriles is 1. The van der Waals surface area contributed by atoms with Gasteiger partial charge in [0.2, 0.25) is 0 Å². The van der Waals surface area contributed by atoms with Crippen molar-refractivity contribution in [3.05, 3.63) is 107 Å². The Kier molecular flexibility index (Phi) is 4.74. The number of benzene rings is 3. The van der Waals surface area contributed by atoms with Crippen LogP contribution in [0.25, 0.3) is 0 Å². The maximum absolute atomic E-state index is 11.5. The van der Waals surface area contributed by atoms with Gasteiger partial charge >= 0.3 is 0 Å². The summed E-state index contributed by atoms with van der Waals surface area (Å²) < 4.78 is 0. The number of aliphatic hydroxyl groups is 1. The molecule has 0 saturated carbocycles. The molecule has 0 aliphatic rings. The van der Waals surface area contributed by atoms with Crippen LogP contribution < -0.4 is 0 Å². The second-order valence-corrected chi connectivity index (χ2v) is 6.05. The van der Waals surface area contributed by atoms with Crippen LogP contribution in [0.1, 0.15) is 22.3 Å². The van der Waals surface area contributed by atoms with E-state index in [0.29, 0.717) is 18.4 Å². The fourth-order valence-corrected chi connectivity index (χ4v) is 2.99. The minimum Gasteiger partial charge on any atom is -0.384 e. The maximum atomic E-state index is 11.5. The molecule has 0 aromatic heterocycles. The lowest BCUT2D eigenvalue weighted by molar-refractivity contribution is 0.0371. The first kappa shape index (κ1) is 16.0. The molecule has 0 spiro atoms. The van der Waals surface area contributed by atoms with E-state index in [1.54, 1.807) is 12.1 Å². The first-order chi connectivity index (χ1) is 11.7. The normalized spacial score (nSPS) is 11.0. The standard InChI is InChI=1S/C22H19NO/c23-17-20-11-13-21(14-12-20)22(24,15-18-7-3-1-4-8-18)16-19-9-5-2-6-10-19/h1-14,24H,15-16H2. The molecule has 3 rings (SSSR count). The Hall–Kier alpha value is -2.89. The van der Waals surface area contributed by atoms with Crippen LogP contribution in [0.5, 0.6) is 0 Å². The fraction of sp³-hybridized carbons (Fsp3) is 0.136. The van der Waals surface area contributed by atoms with Gasteiger partial charge in [0.25, 0.3) is 0 Å². The van der Waals surface area contributed by atoms with Crippen molar-refractivity contribution in [2.24, 2.45) is 0 Å². The number of rotatable bonds is 5. The Morgan fingerprint density at radius 2 is 1.17 bits per heavy atom. The van der Waals surface area contributed by atoms with E-state index in [-0.39, 0.29) is 0 Å². The summed E-state index contributed by atoms with van der Waals surface area (Å²) in [5.74, 6) is 0. The van der Waals surface area contributed by atoms with Gasteiger partial charge in [0.05, 0.1) is 17.2 Å². The molecule has 0 fully saturated rings. The summed E-state index contributed by atoms with van der Waals surface area (Å²) in [6.45, 7) is 0. The van der Waals surface area contributed by atoms with Crippen LogP contribution in [0.15, 0.2) is 84.9 Å². The van der Waals surface area contributed by atoms with Crippen molar-refractivity contribution in [2.45, 2.75) is 18.4 Å². The van der Waals surface area contributed by atoms with Crippen molar-refractivity contribution >= 4 is 0 Å². The van der Waals surface area contributed by atoms with Gasteiger partial charge in [0.15, 0.2) is 0 Å². The Morgan fingerprint density at radius 1 is 0.708 bits per heavy atom. The summed E-state index contributed by atoms with van der Waals surface area (Å²) >= 11 is 0. The average molecular weight is 313 g/mol. The lowest BCUT2D eigenvalue weighted by Gasteiger charge is -2.29. The molecular weight excluding hydrogens is 294 g/mol. The minimum absolute atomic E-state index is 0.522. The second-order valence-electron chi connectivity index (χ2n) is 6.05. The Morgan fingerprint density at radius 3 is 1.58 bits per heavy atom. The summed E-state index contributed by atoms with van der Waals surface area (Å²) in [4.78, 5) is 0. The van der Waals surface area contributed by atoms with E-state index < -0.39 is 5.60 Å². The van der Waals surface area contributed by atoms with E-state index in [9.17, 15) is 5.11 Å². The molecule has 2 nitrogen and oxygen atoms in total. The van der Waals surface area contributed by atoms with Gasteiger partial charge in [-0.2, -0.15) is 5.26 Å². The summed E-state index contributed by atoms with van der Waals surface area (Å²) in [5, 5.41) is 20.5. The molecule has 3 aromatic carbocycles. The Labute approximate surface area is 142 Å². The maximum Gasteiger partial charge on any atom is 0.0991 e. The van der Waals surface area contributed by atoms with Crippen molar-refractivity contribution in [3.8, 4) is 6.07 Å². The van der Waals surface area contributed by atoms with Crippen LogP contribution in [0, 0.1) is 11.3 Å². The first-order valence-electron chi connectivity index (χ1n) is 8.00. The van der Waals surface area contributed by atoms with E-state index >= 15 is 0 Å². The molecule has 0 heterocycles. The molecule has 118 valence electrons. The highest BCUT2D eigenvalue weighted by molar-refractivity contribution is 5.36. The van der Waals surface area contributed by atoms with Gasteiger partial charge < -0.3 is 5.11 Å². The topological polar surface area (TPSA) is 44.0 Å². The van der Waals surface area contributed by atoms with Gasteiger partial charge in [-0.1, -0.05) is 72.8 Å². The van der Waals surface area contributed by atoms with Crippen LogP contribution in [0.2, 0.25) is 0 Å². The van der Waals surface area contributed by atoms with E-state index in [1.807, 2.05) is 72.8 Å². The van der Waals surface area contributed by atoms with Gasteiger partial charge in [0, 0.05) is 12.8 Å². The van der Waals surface area contributed by atoms with Gasteiger partial charge in [-0.3, -0.25) is 0 Å². The van der Waals surface area contributed by atoms with Crippen molar-refractivity contribution in [1.29, 1.82) is 5.26 Å².